The number of sulfonamides is 1. The van der Waals surface area contributed by atoms with Crippen molar-refractivity contribution in [1.82, 2.24) is 0 Å². The molecule has 1 N–H and O–H groups in total. The van der Waals surface area contributed by atoms with Gasteiger partial charge < -0.3 is 10.1 Å². The fourth-order valence-corrected chi connectivity index (χ4v) is 5.01. The van der Waals surface area contributed by atoms with Crippen molar-refractivity contribution in [3.63, 3.8) is 0 Å². The Labute approximate surface area is 192 Å². The Kier molecular flexibility index (Phi) is 6.32. The number of para-hydroxylation sites is 2. The molecule has 8 nitrogen and oxygen atoms in total. The molecule has 9 heteroatoms. The van der Waals surface area contributed by atoms with Crippen LogP contribution in [-0.2, 0) is 19.6 Å². The highest BCUT2D eigenvalue weighted by atomic mass is 32.2. The van der Waals surface area contributed by atoms with Gasteiger partial charge in [-0.1, -0.05) is 30.3 Å². The molecule has 0 saturated carbocycles. The Hall–Kier alpha value is -3.85. The first-order valence-electron chi connectivity index (χ1n) is 10.4. The number of anilines is 3. The van der Waals surface area contributed by atoms with Crippen molar-refractivity contribution in [2.24, 2.45) is 0 Å². The lowest BCUT2D eigenvalue weighted by Crippen LogP contribution is -2.48. The van der Waals surface area contributed by atoms with E-state index in [0.29, 0.717) is 29.4 Å². The van der Waals surface area contributed by atoms with Crippen LogP contribution in [0.1, 0.15) is 6.92 Å². The topological polar surface area (TPSA) is 96.0 Å². The summed E-state index contributed by atoms with van der Waals surface area (Å²) in [5.41, 5.74) is 1.33. The first kappa shape index (κ1) is 22.3. The molecule has 3 aromatic carbocycles. The van der Waals surface area contributed by atoms with Gasteiger partial charge in [0.15, 0.2) is 0 Å². The number of fused-ring (bicyclic) bond motifs is 1. The summed E-state index contributed by atoms with van der Waals surface area (Å²) in [5.74, 6) is -0.280. The number of rotatable bonds is 7. The summed E-state index contributed by atoms with van der Waals surface area (Å²) in [7, 11) is -4.06. The van der Waals surface area contributed by atoms with Crippen LogP contribution in [0.5, 0.6) is 5.75 Å². The third-order valence-corrected chi connectivity index (χ3v) is 6.91. The molecule has 3 aromatic rings. The Morgan fingerprint density at radius 1 is 1.00 bits per heavy atom. The largest absolute Gasteiger partial charge is 0.494 e. The number of nitrogens with one attached hydrogen (secondary N) is 1. The molecule has 0 radical (unpaired) electrons. The van der Waals surface area contributed by atoms with Crippen LogP contribution < -0.4 is 19.3 Å². The van der Waals surface area contributed by atoms with Gasteiger partial charge in [0, 0.05) is 0 Å². The predicted molar refractivity (Wildman–Crippen MR) is 126 cm³/mol. The van der Waals surface area contributed by atoms with Crippen LogP contribution >= 0.6 is 0 Å². The molecule has 0 fully saturated rings. The second-order valence-electron chi connectivity index (χ2n) is 7.30. The third-order valence-electron chi connectivity index (χ3n) is 5.12. The fraction of sp³-hybridized carbons (Fsp3) is 0.167. The zero-order valence-corrected chi connectivity index (χ0v) is 18.8. The van der Waals surface area contributed by atoms with Gasteiger partial charge in [-0.2, -0.15) is 0 Å². The molecule has 0 aliphatic carbocycles. The maximum atomic E-state index is 13.5. The van der Waals surface area contributed by atoms with Gasteiger partial charge >= 0.3 is 0 Å². The number of hydrogen-bond acceptors (Lipinski definition) is 5. The number of benzene rings is 3. The van der Waals surface area contributed by atoms with Crippen molar-refractivity contribution in [1.29, 1.82) is 0 Å². The molecule has 1 aliphatic heterocycles. The monoisotopic (exact) mass is 465 g/mol. The van der Waals surface area contributed by atoms with Gasteiger partial charge in [-0.15, -0.1) is 0 Å². The Bertz CT molecular complexity index is 1260. The van der Waals surface area contributed by atoms with Gasteiger partial charge in [0.25, 0.3) is 10.0 Å². The molecule has 1 aliphatic rings. The molecule has 0 unspecified atom stereocenters. The van der Waals surface area contributed by atoms with Crippen LogP contribution in [0.4, 0.5) is 17.1 Å². The van der Waals surface area contributed by atoms with Gasteiger partial charge in [-0.3, -0.25) is 18.8 Å². The standard InChI is InChI=1S/C24H23N3O5S/c1-2-32-19-14-12-18(13-15-19)27(33(30,31)20-8-4-3-5-9-20)17-24(29)26-16-23(28)25-21-10-6-7-11-22(21)26/h3-15H,2,16-17H2,1H3,(H,25,28). The highest BCUT2D eigenvalue weighted by molar-refractivity contribution is 7.92. The van der Waals surface area contributed by atoms with Crippen molar-refractivity contribution in [3.8, 4) is 5.75 Å². The quantitative estimate of drug-likeness (QED) is 0.578. The predicted octanol–water partition coefficient (Wildman–Crippen LogP) is 3.27. The summed E-state index contributed by atoms with van der Waals surface area (Å²) in [6.45, 7) is 1.65. The van der Waals surface area contributed by atoms with E-state index in [1.807, 2.05) is 6.92 Å². The molecule has 33 heavy (non-hydrogen) atoms. The summed E-state index contributed by atoms with van der Waals surface area (Å²) >= 11 is 0. The first-order chi connectivity index (χ1) is 15.9. The number of carbonyl (C=O) groups is 2. The summed E-state index contributed by atoms with van der Waals surface area (Å²) in [6, 6.07) is 21.3. The van der Waals surface area contributed by atoms with E-state index in [-0.39, 0.29) is 17.3 Å². The Morgan fingerprint density at radius 3 is 2.36 bits per heavy atom. The molecule has 0 spiro atoms. The van der Waals surface area contributed by atoms with Crippen molar-refractivity contribution < 1.29 is 22.7 Å². The zero-order chi connectivity index (χ0) is 23.4. The molecule has 0 aromatic heterocycles. The molecule has 0 saturated heterocycles. The van der Waals surface area contributed by atoms with E-state index in [1.165, 1.54) is 17.0 Å². The van der Waals surface area contributed by atoms with Gasteiger partial charge in [0.05, 0.1) is 28.6 Å². The van der Waals surface area contributed by atoms with Crippen LogP contribution in [0.2, 0.25) is 0 Å². The van der Waals surface area contributed by atoms with E-state index in [0.717, 1.165) is 4.31 Å². The lowest BCUT2D eigenvalue weighted by Gasteiger charge is -2.32. The highest BCUT2D eigenvalue weighted by Crippen LogP contribution is 2.31. The SMILES string of the molecule is CCOc1ccc(N(CC(=O)N2CC(=O)Nc3ccccc32)S(=O)(=O)c2ccccc2)cc1. The maximum absolute atomic E-state index is 13.5. The highest BCUT2D eigenvalue weighted by Gasteiger charge is 2.32. The minimum atomic E-state index is -4.06. The van der Waals surface area contributed by atoms with E-state index in [4.69, 9.17) is 4.74 Å². The lowest BCUT2D eigenvalue weighted by atomic mass is 10.2. The minimum Gasteiger partial charge on any atom is -0.494 e. The molecule has 0 atom stereocenters. The average Bonchev–Trinajstić information content (AvgIpc) is 2.83. The van der Waals surface area contributed by atoms with E-state index >= 15 is 0 Å². The van der Waals surface area contributed by atoms with Gasteiger partial charge in [0.2, 0.25) is 11.8 Å². The summed E-state index contributed by atoms with van der Waals surface area (Å²) in [4.78, 5) is 26.9. The smallest absolute Gasteiger partial charge is 0.264 e. The number of hydrogen-bond donors (Lipinski definition) is 1. The van der Waals surface area contributed by atoms with E-state index in [9.17, 15) is 18.0 Å². The average molecular weight is 466 g/mol. The van der Waals surface area contributed by atoms with Crippen molar-refractivity contribution in [2.75, 3.05) is 34.2 Å². The van der Waals surface area contributed by atoms with Crippen molar-refractivity contribution in [2.45, 2.75) is 11.8 Å². The van der Waals surface area contributed by atoms with E-state index in [2.05, 4.69) is 5.32 Å². The molecule has 0 bridgehead atoms. The lowest BCUT2D eigenvalue weighted by molar-refractivity contribution is -0.121. The molecular formula is C24H23N3O5S. The Morgan fingerprint density at radius 2 is 1.67 bits per heavy atom. The van der Waals surface area contributed by atoms with Crippen molar-refractivity contribution in [3.05, 3.63) is 78.9 Å². The van der Waals surface area contributed by atoms with Gasteiger partial charge in [-0.25, -0.2) is 8.42 Å². The zero-order valence-electron chi connectivity index (χ0n) is 18.0. The summed E-state index contributed by atoms with van der Waals surface area (Å²) in [5, 5.41) is 2.73. The van der Waals surface area contributed by atoms with Gasteiger partial charge in [0.1, 0.15) is 18.8 Å². The summed E-state index contributed by atoms with van der Waals surface area (Å²) < 4.78 is 33.5. The summed E-state index contributed by atoms with van der Waals surface area (Å²) in [6.07, 6.45) is 0. The number of ether oxygens (including phenoxy) is 1. The minimum absolute atomic E-state index is 0.0588. The van der Waals surface area contributed by atoms with Crippen LogP contribution in [-0.4, -0.2) is 39.9 Å². The second kappa shape index (κ2) is 9.33. The molecular weight excluding hydrogens is 442 g/mol. The fourth-order valence-electron chi connectivity index (χ4n) is 3.57. The van der Waals surface area contributed by atoms with Crippen molar-refractivity contribution >= 4 is 38.9 Å². The van der Waals surface area contributed by atoms with E-state index in [1.54, 1.807) is 66.7 Å². The molecule has 1 heterocycles. The van der Waals surface area contributed by atoms with Crippen LogP contribution in [0.15, 0.2) is 83.8 Å². The normalized spacial score (nSPS) is 13.1. The number of nitrogens with zero attached hydrogens (tertiary/aromatic N) is 2. The number of carbonyl (C=O) groups excluding carboxylic acids is 2. The van der Waals surface area contributed by atoms with Crippen LogP contribution in [0.25, 0.3) is 0 Å². The van der Waals surface area contributed by atoms with Crippen LogP contribution in [0.3, 0.4) is 0 Å². The Balaban J connectivity index is 1.71. The van der Waals surface area contributed by atoms with Crippen LogP contribution in [0, 0.1) is 0 Å². The molecule has 2 amide bonds. The second-order valence-corrected chi connectivity index (χ2v) is 9.16. The molecule has 170 valence electrons. The first-order valence-corrected chi connectivity index (χ1v) is 11.8. The third kappa shape index (κ3) is 4.68. The number of amides is 2. The molecule has 4 rings (SSSR count). The van der Waals surface area contributed by atoms with E-state index < -0.39 is 22.5 Å². The van der Waals surface area contributed by atoms with Gasteiger partial charge in [-0.05, 0) is 55.5 Å². The maximum Gasteiger partial charge on any atom is 0.264 e.